The lowest BCUT2D eigenvalue weighted by atomic mass is 9.89. The molecule has 1 saturated heterocycles. The molecule has 4 heteroatoms. The fraction of sp³-hybridized carbons (Fsp3) is 0.591. The minimum absolute atomic E-state index is 0.341. The normalized spacial score (nSPS) is 26.0. The zero-order valence-electron chi connectivity index (χ0n) is 15.3. The van der Waals surface area contributed by atoms with Gasteiger partial charge in [-0.3, -0.25) is 9.69 Å². The number of carbonyl (C=O) groups excluding carboxylic acids is 1. The van der Waals surface area contributed by atoms with E-state index >= 15 is 0 Å². The van der Waals surface area contributed by atoms with Crippen molar-refractivity contribution in [3.05, 3.63) is 35.4 Å². The van der Waals surface area contributed by atoms with Gasteiger partial charge in [0.25, 0.3) is 0 Å². The van der Waals surface area contributed by atoms with Gasteiger partial charge >= 0.3 is 0 Å². The largest absolute Gasteiger partial charge is 0.462 e. The standard InChI is InChI=1S/C22H27NO3/c24-20-7-4-16(5-8-20)17-6-9-21-18(14-17)15-25-22(26-21)10-12-23(13-11-22)19-2-1-3-19/h4,6,9,14,19H,1-3,5,7-8,10-13,15H2. The van der Waals surface area contributed by atoms with Crippen LogP contribution in [0.2, 0.25) is 0 Å². The van der Waals surface area contributed by atoms with Crippen LogP contribution in [-0.2, 0) is 16.1 Å². The smallest absolute Gasteiger partial charge is 0.213 e. The second-order valence-corrected chi connectivity index (χ2v) is 8.22. The highest BCUT2D eigenvalue weighted by molar-refractivity contribution is 5.87. The minimum Gasteiger partial charge on any atom is -0.462 e. The van der Waals surface area contributed by atoms with Crippen molar-refractivity contribution in [2.24, 2.45) is 0 Å². The molecule has 5 rings (SSSR count). The number of likely N-dealkylation sites (tertiary alicyclic amines) is 1. The van der Waals surface area contributed by atoms with Crippen LogP contribution < -0.4 is 4.74 Å². The van der Waals surface area contributed by atoms with Crippen LogP contribution in [-0.4, -0.2) is 35.6 Å². The van der Waals surface area contributed by atoms with Crippen molar-refractivity contribution in [2.45, 2.75) is 69.8 Å². The molecule has 0 amide bonds. The molecule has 2 aliphatic carbocycles. The van der Waals surface area contributed by atoms with Crippen LogP contribution in [0.1, 0.15) is 62.5 Å². The first-order chi connectivity index (χ1) is 12.7. The highest BCUT2D eigenvalue weighted by Crippen LogP contribution is 2.40. The molecule has 4 nitrogen and oxygen atoms in total. The third-order valence-electron chi connectivity index (χ3n) is 6.62. The molecule has 0 bridgehead atoms. The van der Waals surface area contributed by atoms with Gasteiger partial charge in [0.1, 0.15) is 11.5 Å². The maximum absolute atomic E-state index is 11.4. The van der Waals surface area contributed by atoms with E-state index in [4.69, 9.17) is 9.47 Å². The molecule has 1 aromatic carbocycles. The van der Waals surface area contributed by atoms with Gasteiger partial charge in [0.15, 0.2) is 0 Å². The van der Waals surface area contributed by atoms with Crippen molar-refractivity contribution < 1.29 is 14.3 Å². The highest BCUT2D eigenvalue weighted by atomic mass is 16.7. The summed E-state index contributed by atoms with van der Waals surface area (Å²) < 4.78 is 12.6. The summed E-state index contributed by atoms with van der Waals surface area (Å²) in [5, 5.41) is 0. The van der Waals surface area contributed by atoms with Crippen LogP contribution in [0.15, 0.2) is 24.3 Å². The molecule has 4 aliphatic rings. The maximum Gasteiger partial charge on any atom is 0.213 e. The number of piperidine rings is 1. The lowest BCUT2D eigenvalue weighted by molar-refractivity contribution is -0.231. The average Bonchev–Trinajstić information content (AvgIpc) is 2.63. The number of carbonyl (C=O) groups is 1. The molecule has 0 atom stereocenters. The highest BCUT2D eigenvalue weighted by Gasteiger charge is 2.42. The number of nitrogens with zero attached hydrogens (tertiary/aromatic N) is 1. The fourth-order valence-corrected chi connectivity index (χ4v) is 4.64. The van der Waals surface area contributed by atoms with Crippen molar-refractivity contribution in [1.29, 1.82) is 0 Å². The SMILES string of the molecule is O=C1CC=C(c2ccc3c(c2)COC2(CCN(C4CCC4)CC2)O3)CC1. The Balaban J connectivity index is 1.29. The summed E-state index contributed by atoms with van der Waals surface area (Å²) in [5.74, 6) is 0.892. The Morgan fingerprint density at radius 3 is 2.65 bits per heavy atom. The number of fused-ring (bicyclic) bond motifs is 1. The maximum atomic E-state index is 11.4. The Labute approximate surface area is 155 Å². The van der Waals surface area contributed by atoms with Gasteiger partial charge < -0.3 is 9.47 Å². The summed E-state index contributed by atoms with van der Waals surface area (Å²) in [5.41, 5.74) is 3.62. The third-order valence-corrected chi connectivity index (χ3v) is 6.62. The first-order valence-corrected chi connectivity index (χ1v) is 10.1. The molecule has 1 spiro atoms. The van der Waals surface area contributed by atoms with E-state index < -0.39 is 5.79 Å². The molecule has 2 fully saturated rings. The van der Waals surface area contributed by atoms with Crippen molar-refractivity contribution >= 4 is 11.4 Å². The molecule has 0 unspecified atom stereocenters. The minimum atomic E-state index is -0.425. The van der Waals surface area contributed by atoms with Gasteiger partial charge in [0.2, 0.25) is 5.79 Å². The summed E-state index contributed by atoms with van der Waals surface area (Å²) >= 11 is 0. The Bertz CT molecular complexity index is 742. The zero-order valence-corrected chi connectivity index (χ0v) is 15.3. The van der Waals surface area contributed by atoms with Crippen LogP contribution in [0.5, 0.6) is 5.75 Å². The van der Waals surface area contributed by atoms with Gasteiger partial charge in [0.05, 0.1) is 6.61 Å². The van der Waals surface area contributed by atoms with Crippen molar-refractivity contribution in [3.63, 3.8) is 0 Å². The van der Waals surface area contributed by atoms with Crippen LogP contribution in [0.4, 0.5) is 0 Å². The number of hydrogen-bond donors (Lipinski definition) is 0. The second kappa shape index (κ2) is 6.50. The van der Waals surface area contributed by atoms with Crippen molar-refractivity contribution in [1.82, 2.24) is 4.90 Å². The predicted molar refractivity (Wildman–Crippen MR) is 99.9 cm³/mol. The lowest BCUT2D eigenvalue weighted by Crippen LogP contribution is -2.54. The third kappa shape index (κ3) is 2.99. The Kier molecular flexibility index (Phi) is 4.13. The molecule has 138 valence electrons. The Hall–Kier alpha value is -1.65. The number of hydrogen-bond acceptors (Lipinski definition) is 4. The van der Waals surface area contributed by atoms with Crippen LogP contribution in [0, 0.1) is 0 Å². The molecule has 26 heavy (non-hydrogen) atoms. The molecule has 0 aromatic heterocycles. The van der Waals surface area contributed by atoms with Gasteiger partial charge in [-0.25, -0.2) is 0 Å². The van der Waals surface area contributed by atoms with Gasteiger partial charge in [-0.15, -0.1) is 0 Å². The van der Waals surface area contributed by atoms with Gasteiger partial charge in [-0.2, -0.15) is 0 Å². The summed E-state index contributed by atoms with van der Waals surface area (Å²) in [6, 6.07) is 7.24. The lowest BCUT2D eigenvalue weighted by Gasteiger charge is -2.47. The zero-order chi connectivity index (χ0) is 17.6. The van der Waals surface area contributed by atoms with Gasteiger partial charge in [-0.05, 0) is 42.5 Å². The molecule has 0 N–H and O–H groups in total. The van der Waals surface area contributed by atoms with Gasteiger partial charge in [-0.1, -0.05) is 18.6 Å². The van der Waals surface area contributed by atoms with Crippen LogP contribution >= 0.6 is 0 Å². The van der Waals surface area contributed by atoms with E-state index in [1.807, 2.05) is 0 Å². The second-order valence-electron chi connectivity index (χ2n) is 8.22. The van der Waals surface area contributed by atoms with Crippen molar-refractivity contribution in [3.8, 4) is 5.75 Å². The molecule has 2 heterocycles. The number of Topliss-reactive ketones (excluding diaryl/α,β-unsaturated/α-hetero) is 1. The molecular formula is C22H27NO3. The number of benzene rings is 1. The van der Waals surface area contributed by atoms with E-state index in [9.17, 15) is 4.79 Å². The van der Waals surface area contributed by atoms with E-state index in [1.165, 1.54) is 30.4 Å². The first-order valence-electron chi connectivity index (χ1n) is 10.1. The average molecular weight is 353 g/mol. The number of rotatable bonds is 2. The molecule has 1 aromatic rings. The molecule has 2 aliphatic heterocycles. The number of allylic oxidation sites excluding steroid dienone is 2. The molecule has 1 saturated carbocycles. The monoisotopic (exact) mass is 353 g/mol. The fourth-order valence-electron chi connectivity index (χ4n) is 4.64. The molecular weight excluding hydrogens is 326 g/mol. The van der Waals surface area contributed by atoms with Gasteiger partial charge in [0, 0.05) is 50.4 Å². The summed E-state index contributed by atoms with van der Waals surface area (Å²) in [6.45, 7) is 2.79. The first kappa shape index (κ1) is 16.5. The number of ketones is 1. The predicted octanol–water partition coefficient (Wildman–Crippen LogP) is 4.08. The van der Waals surface area contributed by atoms with E-state index in [2.05, 4.69) is 29.2 Å². The number of ether oxygens (including phenoxy) is 2. The van der Waals surface area contributed by atoms with E-state index in [1.54, 1.807) is 0 Å². The summed E-state index contributed by atoms with van der Waals surface area (Å²) in [7, 11) is 0. The topological polar surface area (TPSA) is 38.8 Å². The summed E-state index contributed by atoms with van der Waals surface area (Å²) in [4.78, 5) is 14.1. The van der Waals surface area contributed by atoms with E-state index in [0.29, 0.717) is 25.2 Å². The van der Waals surface area contributed by atoms with E-state index in [0.717, 1.165) is 49.7 Å². The Morgan fingerprint density at radius 2 is 1.96 bits per heavy atom. The quantitative estimate of drug-likeness (QED) is 0.803. The van der Waals surface area contributed by atoms with Crippen LogP contribution in [0.3, 0.4) is 0 Å². The summed E-state index contributed by atoms with van der Waals surface area (Å²) in [6.07, 6.45) is 10.2. The van der Waals surface area contributed by atoms with E-state index in [-0.39, 0.29) is 0 Å². The molecule has 0 radical (unpaired) electrons. The van der Waals surface area contributed by atoms with Crippen molar-refractivity contribution in [2.75, 3.05) is 13.1 Å². The Morgan fingerprint density at radius 1 is 1.12 bits per heavy atom. The van der Waals surface area contributed by atoms with Crippen LogP contribution in [0.25, 0.3) is 5.57 Å².